The van der Waals surface area contributed by atoms with E-state index in [0.717, 1.165) is 16.0 Å². The van der Waals surface area contributed by atoms with Gasteiger partial charge < -0.3 is 14.5 Å². The van der Waals surface area contributed by atoms with Crippen LogP contribution in [0.1, 0.15) is 41.7 Å². The number of carbonyl (C=O) groups excluding carboxylic acids is 1. The molecular weight excluding hydrogens is 376 g/mol. The molecule has 0 aliphatic rings. The highest BCUT2D eigenvalue weighted by atomic mass is 32.1. The molecule has 0 spiro atoms. The van der Waals surface area contributed by atoms with E-state index in [1.54, 1.807) is 24.1 Å². The number of hydrogen-bond donors (Lipinski definition) is 1. The topological polar surface area (TPSA) is 82.2 Å². The van der Waals surface area contributed by atoms with E-state index in [9.17, 15) is 4.79 Å². The van der Waals surface area contributed by atoms with Gasteiger partial charge in [-0.05, 0) is 38.1 Å². The monoisotopic (exact) mass is 396 g/mol. The lowest BCUT2D eigenvalue weighted by Gasteiger charge is -2.13. The number of esters is 1. The highest BCUT2D eigenvalue weighted by Gasteiger charge is 2.22. The summed E-state index contributed by atoms with van der Waals surface area (Å²) in [7, 11) is 0. The standard InChI is InChI=1S/C20H20N4O3S/c1-3-26-19(25)14-11-22-24(20-23-15-7-4-5-9-18(15)28-20)16(14)12-21-13(2)17-8-6-10-27-17/h4-11,13,21H,3,12H2,1-2H3/t13-/m0/s1. The lowest BCUT2D eigenvalue weighted by Crippen LogP contribution is -2.21. The summed E-state index contributed by atoms with van der Waals surface area (Å²) in [6.07, 6.45) is 3.18. The predicted molar refractivity (Wildman–Crippen MR) is 107 cm³/mol. The molecule has 0 radical (unpaired) electrons. The average Bonchev–Trinajstić information content (AvgIpc) is 3.44. The molecule has 1 N–H and O–H groups in total. The first kappa shape index (κ1) is 18.4. The van der Waals surface area contributed by atoms with E-state index in [1.165, 1.54) is 11.3 Å². The lowest BCUT2D eigenvalue weighted by atomic mass is 10.2. The predicted octanol–water partition coefficient (Wildman–Crippen LogP) is 4.10. The molecule has 1 atom stereocenters. The number of ether oxygens (including phenoxy) is 1. The summed E-state index contributed by atoms with van der Waals surface area (Å²) < 4.78 is 13.4. The lowest BCUT2D eigenvalue weighted by molar-refractivity contribution is 0.0524. The third-order valence-corrected chi connectivity index (χ3v) is 5.39. The van der Waals surface area contributed by atoms with Gasteiger partial charge in [0, 0.05) is 6.54 Å². The normalized spacial score (nSPS) is 12.4. The van der Waals surface area contributed by atoms with Crippen molar-refractivity contribution in [2.24, 2.45) is 0 Å². The van der Waals surface area contributed by atoms with Crippen LogP contribution in [0.25, 0.3) is 15.3 Å². The Morgan fingerprint density at radius 3 is 2.93 bits per heavy atom. The molecule has 0 bridgehead atoms. The van der Waals surface area contributed by atoms with E-state index in [4.69, 9.17) is 9.15 Å². The van der Waals surface area contributed by atoms with Crippen LogP contribution < -0.4 is 5.32 Å². The van der Waals surface area contributed by atoms with E-state index in [1.807, 2.05) is 43.3 Å². The highest BCUT2D eigenvalue weighted by molar-refractivity contribution is 7.20. The number of thiazole rings is 1. The largest absolute Gasteiger partial charge is 0.468 e. The molecule has 1 aromatic carbocycles. The molecule has 0 unspecified atom stereocenters. The van der Waals surface area contributed by atoms with Crippen molar-refractivity contribution in [3.05, 3.63) is 65.9 Å². The second kappa shape index (κ2) is 7.95. The van der Waals surface area contributed by atoms with Gasteiger partial charge in [-0.2, -0.15) is 5.10 Å². The van der Waals surface area contributed by atoms with Crippen LogP contribution in [0.3, 0.4) is 0 Å². The van der Waals surface area contributed by atoms with Crippen LogP contribution in [-0.4, -0.2) is 27.3 Å². The molecule has 0 saturated carbocycles. The number of benzene rings is 1. The summed E-state index contributed by atoms with van der Waals surface area (Å²) in [6.45, 7) is 4.50. The number of aromatic nitrogens is 3. The fourth-order valence-electron chi connectivity index (χ4n) is 2.93. The highest BCUT2D eigenvalue weighted by Crippen LogP contribution is 2.26. The Kier molecular flexibility index (Phi) is 5.23. The van der Waals surface area contributed by atoms with Crippen LogP contribution in [0.15, 0.2) is 53.3 Å². The van der Waals surface area contributed by atoms with Crippen molar-refractivity contribution in [2.75, 3.05) is 6.61 Å². The molecule has 0 aliphatic carbocycles. The summed E-state index contributed by atoms with van der Waals surface area (Å²) in [5, 5.41) is 8.52. The van der Waals surface area contributed by atoms with Gasteiger partial charge >= 0.3 is 5.97 Å². The third-order valence-electron chi connectivity index (χ3n) is 4.37. The van der Waals surface area contributed by atoms with Crippen molar-refractivity contribution in [3.8, 4) is 5.13 Å². The van der Waals surface area contributed by atoms with Crippen LogP contribution in [0.2, 0.25) is 0 Å². The van der Waals surface area contributed by atoms with Gasteiger partial charge in [-0.1, -0.05) is 23.5 Å². The van der Waals surface area contributed by atoms with Crippen LogP contribution >= 0.6 is 11.3 Å². The minimum atomic E-state index is -0.391. The summed E-state index contributed by atoms with van der Waals surface area (Å²) in [6, 6.07) is 11.6. The maximum atomic E-state index is 12.4. The Morgan fingerprint density at radius 2 is 2.18 bits per heavy atom. The van der Waals surface area contributed by atoms with E-state index < -0.39 is 5.97 Å². The number of para-hydroxylation sites is 1. The smallest absolute Gasteiger partial charge is 0.341 e. The van der Waals surface area contributed by atoms with Gasteiger partial charge in [0.25, 0.3) is 0 Å². The number of hydrogen-bond acceptors (Lipinski definition) is 7. The Hall–Kier alpha value is -2.97. The first-order valence-electron chi connectivity index (χ1n) is 9.04. The molecule has 144 valence electrons. The van der Waals surface area contributed by atoms with E-state index in [-0.39, 0.29) is 6.04 Å². The first-order valence-corrected chi connectivity index (χ1v) is 9.85. The van der Waals surface area contributed by atoms with Gasteiger partial charge in [-0.15, -0.1) is 0 Å². The summed E-state index contributed by atoms with van der Waals surface area (Å²) in [4.78, 5) is 17.1. The van der Waals surface area contributed by atoms with Crippen molar-refractivity contribution in [1.82, 2.24) is 20.1 Å². The SMILES string of the molecule is CCOC(=O)c1cnn(-c2nc3ccccc3s2)c1CN[C@@H](C)c1ccco1. The Morgan fingerprint density at radius 1 is 1.32 bits per heavy atom. The van der Waals surface area contributed by atoms with Crippen molar-refractivity contribution in [2.45, 2.75) is 26.4 Å². The Labute approximate surface area is 166 Å². The van der Waals surface area contributed by atoms with E-state index in [0.29, 0.717) is 29.5 Å². The maximum absolute atomic E-state index is 12.4. The maximum Gasteiger partial charge on any atom is 0.341 e. The molecule has 0 amide bonds. The molecule has 3 heterocycles. The fourth-order valence-corrected chi connectivity index (χ4v) is 3.88. The van der Waals surface area contributed by atoms with Gasteiger partial charge in [-0.25, -0.2) is 14.5 Å². The molecular formula is C20H20N4O3S. The Bertz CT molecular complexity index is 1050. The average molecular weight is 396 g/mol. The Balaban J connectivity index is 1.68. The van der Waals surface area contributed by atoms with Crippen LogP contribution in [0.4, 0.5) is 0 Å². The molecule has 4 aromatic rings. The number of rotatable bonds is 7. The molecule has 28 heavy (non-hydrogen) atoms. The van der Waals surface area contributed by atoms with Crippen LogP contribution in [-0.2, 0) is 11.3 Å². The number of nitrogens with zero attached hydrogens (tertiary/aromatic N) is 3. The fraction of sp³-hybridized carbons (Fsp3) is 0.250. The molecule has 0 fully saturated rings. The number of fused-ring (bicyclic) bond motifs is 1. The second-order valence-corrected chi connectivity index (χ2v) is 7.23. The molecule has 7 nitrogen and oxygen atoms in total. The summed E-state index contributed by atoms with van der Waals surface area (Å²) in [5.41, 5.74) is 2.04. The molecule has 0 aliphatic heterocycles. The van der Waals surface area contributed by atoms with Gasteiger partial charge in [-0.3, -0.25) is 0 Å². The van der Waals surface area contributed by atoms with Crippen molar-refractivity contribution < 1.29 is 13.9 Å². The first-order chi connectivity index (χ1) is 13.7. The minimum absolute atomic E-state index is 0.0243. The van der Waals surface area contributed by atoms with Crippen molar-refractivity contribution >= 4 is 27.5 Å². The van der Waals surface area contributed by atoms with E-state index in [2.05, 4.69) is 15.4 Å². The molecule has 3 aromatic heterocycles. The molecule has 4 rings (SSSR count). The van der Waals surface area contributed by atoms with Gasteiger partial charge in [0.05, 0.1) is 41.0 Å². The third kappa shape index (κ3) is 3.56. The zero-order chi connectivity index (χ0) is 19.5. The zero-order valence-electron chi connectivity index (χ0n) is 15.6. The second-order valence-electron chi connectivity index (χ2n) is 6.22. The van der Waals surface area contributed by atoms with Gasteiger partial charge in [0.15, 0.2) is 0 Å². The zero-order valence-corrected chi connectivity index (χ0v) is 16.4. The minimum Gasteiger partial charge on any atom is -0.468 e. The summed E-state index contributed by atoms with van der Waals surface area (Å²) >= 11 is 1.53. The van der Waals surface area contributed by atoms with Crippen LogP contribution in [0.5, 0.6) is 0 Å². The summed E-state index contributed by atoms with van der Waals surface area (Å²) in [5.74, 6) is 0.432. The van der Waals surface area contributed by atoms with E-state index >= 15 is 0 Å². The van der Waals surface area contributed by atoms with Gasteiger partial charge in [0.1, 0.15) is 11.3 Å². The molecule has 0 saturated heterocycles. The number of furan rings is 1. The van der Waals surface area contributed by atoms with Crippen LogP contribution in [0, 0.1) is 0 Å². The quantitative estimate of drug-likeness (QED) is 0.474. The molecule has 8 heteroatoms. The van der Waals surface area contributed by atoms with Gasteiger partial charge in [0.2, 0.25) is 5.13 Å². The van der Waals surface area contributed by atoms with Crippen molar-refractivity contribution in [1.29, 1.82) is 0 Å². The number of carbonyl (C=O) groups is 1. The number of nitrogens with one attached hydrogen (secondary N) is 1. The van der Waals surface area contributed by atoms with Crippen molar-refractivity contribution in [3.63, 3.8) is 0 Å².